The van der Waals surface area contributed by atoms with Crippen LogP contribution in [0.15, 0.2) is 79.0 Å². The summed E-state index contributed by atoms with van der Waals surface area (Å²) in [4.78, 5) is 14.1. The Kier molecular flexibility index (Phi) is 6.39. The van der Waals surface area contributed by atoms with Gasteiger partial charge in [-0.05, 0) is 72.9 Å². The molecule has 1 fully saturated rings. The van der Waals surface area contributed by atoms with Crippen LogP contribution in [-0.4, -0.2) is 35.2 Å². The SMILES string of the molecule is NN/C=C(\N)C1CC1(F)F.Nc1ncccc1-c1nc2ccc(-n3cccn3)nc2n1-c1ccc2c(c1)CCC2. The van der Waals surface area contributed by atoms with Crippen LogP contribution in [0.25, 0.3) is 34.1 Å². The Morgan fingerprint density at radius 3 is 2.60 bits per heavy atom. The van der Waals surface area contributed by atoms with Crippen molar-refractivity contribution < 1.29 is 8.78 Å². The van der Waals surface area contributed by atoms with Crippen molar-refractivity contribution in [3.63, 3.8) is 0 Å². The molecule has 1 saturated carbocycles. The molecule has 0 bridgehead atoms. The second-order valence-corrected chi connectivity index (χ2v) is 9.81. The molecule has 2 aliphatic rings. The minimum absolute atomic E-state index is 0.118. The lowest BCUT2D eigenvalue weighted by Crippen LogP contribution is -2.18. The number of nitrogen functional groups attached to an aromatic ring is 1. The van der Waals surface area contributed by atoms with Gasteiger partial charge in [0.2, 0.25) is 0 Å². The number of alkyl halides is 2. The monoisotopic (exact) mass is 542 g/mol. The first-order valence-electron chi connectivity index (χ1n) is 12.9. The number of allylic oxidation sites excluding steroid dienone is 1. The molecule has 1 atom stereocenters. The summed E-state index contributed by atoms with van der Waals surface area (Å²) in [7, 11) is 0. The van der Waals surface area contributed by atoms with Crippen LogP contribution < -0.4 is 22.7 Å². The zero-order chi connectivity index (χ0) is 27.9. The van der Waals surface area contributed by atoms with E-state index in [0.29, 0.717) is 5.82 Å². The smallest absolute Gasteiger partial charge is 0.257 e. The van der Waals surface area contributed by atoms with Crippen LogP contribution in [0.3, 0.4) is 0 Å². The van der Waals surface area contributed by atoms with E-state index in [1.165, 1.54) is 23.7 Å². The molecular formula is C28H28F2N10. The average molecular weight is 543 g/mol. The fourth-order valence-corrected chi connectivity index (χ4v) is 4.98. The van der Waals surface area contributed by atoms with Gasteiger partial charge in [-0.25, -0.2) is 28.4 Å². The highest BCUT2D eigenvalue weighted by Crippen LogP contribution is 2.51. The second-order valence-electron chi connectivity index (χ2n) is 9.81. The van der Waals surface area contributed by atoms with E-state index in [4.69, 9.17) is 27.3 Å². The quantitative estimate of drug-likeness (QED) is 0.194. The lowest BCUT2D eigenvalue weighted by molar-refractivity contribution is 0.105. The van der Waals surface area contributed by atoms with Gasteiger partial charge in [0.05, 0.1) is 11.5 Å². The molecule has 0 spiro atoms. The number of imidazole rings is 1. The van der Waals surface area contributed by atoms with E-state index in [0.717, 1.165) is 46.9 Å². The minimum atomic E-state index is -2.60. The first-order chi connectivity index (χ1) is 19.4. The molecule has 5 aromatic rings. The topological polar surface area (TPSA) is 152 Å². The van der Waals surface area contributed by atoms with Crippen molar-refractivity contribution in [1.82, 2.24) is 34.7 Å². The Morgan fingerprint density at radius 1 is 1.05 bits per heavy atom. The fraction of sp³-hybridized carbons (Fsp3) is 0.214. The van der Waals surface area contributed by atoms with E-state index in [9.17, 15) is 8.78 Å². The summed E-state index contributed by atoms with van der Waals surface area (Å²) in [5.74, 6) is 3.35. The number of anilines is 1. The van der Waals surface area contributed by atoms with Gasteiger partial charge in [-0.15, -0.1) is 0 Å². The number of nitrogens with two attached hydrogens (primary N) is 3. The fourth-order valence-electron chi connectivity index (χ4n) is 4.98. The Bertz CT molecular complexity index is 1710. The molecule has 0 radical (unpaired) electrons. The van der Waals surface area contributed by atoms with Crippen molar-refractivity contribution >= 4 is 17.0 Å². The Labute approximate surface area is 228 Å². The van der Waals surface area contributed by atoms with E-state index in [1.807, 2.05) is 36.5 Å². The third kappa shape index (κ3) is 4.73. The van der Waals surface area contributed by atoms with Crippen LogP contribution in [0.5, 0.6) is 0 Å². The highest BCUT2D eigenvalue weighted by molar-refractivity contribution is 5.83. The summed E-state index contributed by atoms with van der Waals surface area (Å²) in [6, 6.07) is 16.2. The molecule has 0 aliphatic heterocycles. The molecule has 1 aromatic carbocycles. The number of fused-ring (bicyclic) bond motifs is 2. The number of pyridine rings is 2. The summed E-state index contributed by atoms with van der Waals surface area (Å²) < 4.78 is 28.2. The minimum Gasteiger partial charge on any atom is -0.400 e. The average Bonchev–Trinajstić information content (AvgIpc) is 3.45. The van der Waals surface area contributed by atoms with Crippen LogP contribution in [0.1, 0.15) is 24.0 Å². The normalized spacial score (nSPS) is 17.3. The summed E-state index contributed by atoms with van der Waals surface area (Å²) in [5.41, 5.74) is 19.8. The van der Waals surface area contributed by atoms with Gasteiger partial charge in [-0.2, -0.15) is 5.10 Å². The van der Waals surface area contributed by atoms with Crippen LogP contribution in [0.4, 0.5) is 14.6 Å². The number of hydrazine groups is 1. The van der Waals surface area contributed by atoms with Crippen molar-refractivity contribution in [3.05, 3.63) is 90.1 Å². The van der Waals surface area contributed by atoms with Gasteiger partial charge < -0.3 is 16.9 Å². The number of halogens is 2. The number of nitrogens with one attached hydrogen (secondary N) is 1. The predicted octanol–water partition coefficient (Wildman–Crippen LogP) is 3.64. The van der Waals surface area contributed by atoms with Crippen LogP contribution in [-0.2, 0) is 12.8 Å². The van der Waals surface area contributed by atoms with Gasteiger partial charge in [0.25, 0.3) is 5.92 Å². The van der Waals surface area contributed by atoms with Crippen molar-refractivity contribution in [1.29, 1.82) is 0 Å². The van der Waals surface area contributed by atoms with Gasteiger partial charge >= 0.3 is 0 Å². The second kappa shape index (κ2) is 10.0. The van der Waals surface area contributed by atoms with Gasteiger partial charge in [-0.3, -0.25) is 10.4 Å². The summed E-state index contributed by atoms with van der Waals surface area (Å²) >= 11 is 0. The van der Waals surface area contributed by atoms with Gasteiger partial charge in [0.1, 0.15) is 11.3 Å². The maximum absolute atomic E-state index is 12.2. The van der Waals surface area contributed by atoms with E-state index >= 15 is 0 Å². The van der Waals surface area contributed by atoms with E-state index in [-0.39, 0.29) is 12.1 Å². The zero-order valence-corrected chi connectivity index (χ0v) is 21.5. The van der Waals surface area contributed by atoms with Crippen LogP contribution in [0, 0.1) is 5.92 Å². The van der Waals surface area contributed by atoms with Crippen LogP contribution >= 0.6 is 0 Å². The van der Waals surface area contributed by atoms with Gasteiger partial charge in [0, 0.05) is 42.6 Å². The predicted molar refractivity (Wildman–Crippen MR) is 148 cm³/mol. The van der Waals surface area contributed by atoms with Crippen molar-refractivity contribution in [2.24, 2.45) is 17.5 Å². The van der Waals surface area contributed by atoms with Crippen LogP contribution in [0.2, 0.25) is 0 Å². The molecule has 12 heteroatoms. The van der Waals surface area contributed by atoms with Gasteiger partial charge in [-0.1, -0.05) is 6.07 Å². The zero-order valence-electron chi connectivity index (χ0n) is 21.5. The number of nitrogens with zero attached hydrogens (tertiary/aromatic N) is 6. The van der Waals surface area contributed by atoms with E-state index in [1.54, 1.807) is 17.1 Å². The molecule has 0 saturated heterocycles. The number of hydrogen-bond acceptors (Lipinski definition) is 8. The number of hydrogen-bond donors (Lipinski definition) is 4. The third-order valence-electron chi connectivity index (χ3n) is 7.13. The molecule has 204 valence electrons. The molecule has 4 aromatic heterocycles. The summed E-state index contributed by atoms with van der Waals surface area (Å²) in [6.07, 6.45) is 9.79. The standard InChI is InChI=1S/C23H19N7.C5H9F2N3/c24-21-18(6-2-11-25-21)22-27-19-9-10-20(29-13-3-12-26-29)28-23(19)30(22)17-8-7-15-4-1-5-16(15)14-17;6-5(7)1-3(5)4(8)2-10-9/h2-3,6-14H,1,4-5H2,(H2,24,25);2-3,10H,1,8-9H2/b;4-2-. The third-order valence-corrected chi connectivity index (χ3v) is 7.13. The molecule has 40 heavy (non-hydrogen) atoms. The van der Waals surface area contributed by atoms with Crippen molar-refractivity contribution in [2.45, 2.75) is 31.6 Å². The van der Waals surface area contributed by atoms with E-state index < -0.39 is 11.8 Å². The Hall–Kier alpha value is -4.84. The molecular weight excluding hydrogens is 514 g/mol. The first-order valence-corrected chi connectivity index (χ1v) is 12.9. The molecule has 7 rings (SSSR count). The lowest BCUT2D eigenvalue weighted by atomic mass is 10.1. The Balaban J connectivity index is 0.000000246. The molecule has 0 amide bonds. The largest absolute Gasteiger partial charge is 0.400 e. The van der Waals surface area contributed by atoms with Crippen molar-refractivity contribution in [3.8, 4) is 22.9 Å². The highest BCUT2D eigenvalue weighted by Gasteiger charge is 2.58. The maximum Gasteiger partial charge on any atom is 0.257 e. The lowest BCUT2D eigenvalue weighted by Gasteiger charge is -2.12. The Morgan fingerprint density at radius 2 is 1.88 bits per heavy atom. The van der Waals surface area contributed by atoms with E-state index in [2.05, 4.69) is 38.3 Å². The molecule has 7 N–H and O–H groups in total. The molecule has 1 unspecified atom stereocenters. The maximum atomic E-state index is 12.2. The van der Waals surface area contributed by atoms with Crippen molar-refractivity contribution in [2.75, 3.05) is 5.73 Å². The molecule has 4 heterocycles. The highest BCUT2D eigenvalue weighted by atomic mass is 19.3. The number of benzene rings is 1. The summed E-state index contributed by atoms with van der Waals surface area (Å²) in [6.45, 7) is 0. The first kappa shape index (κ1) is 25.4. The molecule has 10 nitrogen and oxygen atoms in total. The van der Waals surface area contributed by atoms with Gasteiger partial charge in [0.15, 0.2) is 17.3 Å². The number of aryl methyl sites for hydroxylation is 2. The number of aromatic nitrogens is 6. The molecule has 2 aliphatic carbocycles. The summed E-state index contributed by atoms with van der Waals surface area (Å²) in [5, 5.41) is 4.32. The number of rotatable bonds is 5.